The van der Waals surface area contributed by atoms with Gasteiger partial charge in [0.05, 0.1) is 6.04 Å². The topological polar surface area (TPSA) is 51.0 Å². The highest BCUT2D eigenvalue weighted by molar-refractivity contribution is 6.28. The monoisotopic (exact) mass is 265 g/mol. The van der Waals surface area contributed by atoms with Crippen LogP contribution in [-0.4, -0.2) is 9.97 Å². The Hall–Kier alpha value is -1.55. The summed E-state index contributed by atoms with van der Waals surface area (Å²) in [6, 6.07) is 2.14. The van der Waals surface area contributed by atoms with Crippen LogP contribution in [-0.2, 0) is 0 Å². The Morgan fingerprint density at radius 1 is 1.33 bits per heavy atom. The molecule has 2 heterocycles. The van der Waals surface area contributed by atoms with E-state index in [0.29, 0.717) is 0 Å². The third-order valence-electron chi connectivity index (χ3n) is 2.84. The molecule has 0 spiro atoms. The maximum atomic E-state index is 5.80. The van der Waals surface area contributed by atoms with Crippen molar-refractivity contribution in [2.24, 2.45) is 0 Å². The molecule has 0 aliphatic carbocycles. The molecular weight excluding hydrogens is 250 g/mol. The van der Waals surface area contributed by atoms with Gasteiger partial charge in [0.2, 0.25) is 5.28 Å². The van der Waals surface area contributed by atoms with Crippen LogP contribution in [0.2, 0.25) is 5.28 Å². The van der Waals surface area contributed by atoms with Gasteiger partial charge in [-0.2, -0.15) is 0 Å². The number of hydrogen-bond acceptors (Lipinski definition) is 4. The molecule has 0 radical (unpaired) electrons. The van der Waals surface area contributed by atoms with E-state index in [1.54, 1.807) is 6.20 Å². The van der Waals surface area contributed by atoms with E-state index < -0.39 is 0 Å². The average Bonchev–Trinajstić information content (AvgIpc) is 2.63. The molecular formula is C13H16ClN3O. The fourth-order valence-corrected chi connectivity index (χ4v) is 2.06. The Labute approximate surface area is 111 Å². The zero-order valence-corrected chi connectivity index (χ0v) is 11.7. The van der Waals surface area contributed by atoms with Crippen molar-refractivity contribution >= 4 is 17.4 Å². The molecule has 2 aromatic heterocycles. The minimum atomic E-state index is 0.104. The molecule has 0 fully saturated rings. The van der Waals surface area contributed by atoms with E-state index in [4.69, 9.17) is 16.0 Å². The van der Waals surface area contributed by atoms with Crippen LogP contribution in [0.15, 0.2) is 16.7 Å². The molecule has 0 aliphatic rings. The molecule has 1 N–H and O–H groups in total. The first-order chi connectivity index (χ1) is 8.47. The predicted molar refractivity (Wildman–Crippen MR) is 72.0 cm³/mol. The molecule has 96 valence electrons. The van der Waals surface area contributed by atoms with Crippen molar-refractivity contribution in [1.82, 2.24) is 9.97 Å². The van der Waals surface area contributed by atoms with Gasteiger partial charge in [-0.1, -0.05) is 0 Å². The second-order valence-electron chi connectivity index (χ2n) is 4.41. The lowest BCUT2D eigenvalue weighted by molar-refractivity contribution is 0.499. The molecule has 0 aliphatic heterocycles. The third kappa shape index (κ3) is 2.64. The molecule has 1 atom stereocenters. The molecule has 2 rings (SSSR count). The second kappa shape index (κ2) is 4.98. The fourth-order valence-electron chi connectivity index (χ4n) is 1.93. The summed E-state index contributed by atoms with van der Waals surface area (Å²) in [7, 11) is 0. The van der Waals surface area contributed by atoms with E-state index in [0.717, 1.165) is 28.5 Å². The number of rotatable bonds is 3. The Bertz CT molecular complexity index is 565. The normalized spacial score (nSPS) is 12.5. The van der Waals surface area contributed by atoms with E-state index in [-0.39, 0.29) is 11.3 Å². The summed E-state index contributed by atoms with van der Waals surface area (Å²) in [5.74, 6) is 2.58. The van der Waals surface area contributed by atoms with Gasteiger partial charge in [0.15, 0.2) is 0 Å². The van der Waals surface area contributed by atoms with Gasteiger partial charge in [-0.3, -0.25) is 0 Å². The number of halogens is 1. The van der Waals surface area contributed by atoms with Gasteiger partial charge in [0.25, 0.3) is 0 Å². The highest BCUT2D eigenvalue weighted by Crippen LogP contribution is 2.25. The van der Waals surface area contributed by atoms with Crippen molar-refractivity contribution in [2.45, 2.75) is 33.7 Å². The first-order valence-electron chi connectivity index (χ1n) is 5.80. The highest BCUT2D eigenvalue weighted by atomic mass is 35.5. The first kappa shape index (κ1) is 12.9. The van der Waals surface area contributed by atoms with Crippen molar-refractivity contribution in [2.75, 3.05) is 5.32 Å². The first-order valence-corrected chi connectivity index (χ1v) is 6.17. The third-order valence-corrected chi connectivity index (χ3v) is 3.02. The molecule has 1 unspecified atom stereocenters. The van der Waals surface area contributed by atoms with Crippen LogP contribution in [0.4, 0.5) is 5.82 Å². The van der Waals surface area contributed by atoms with Gasteiger partial charge in [-0.15, -0.1) is 0 Å². The summed E-state index contributed by atoms with van der Waals surface area (Å²) in [6.07, 6.45) is 1.71. The van der Waals surface area contributed by atoms with Crippen molar-refractivity contribution in [3.05, 3.63) is 40.2 Å². The number of furan rings is 1. The van der Waals surface area contributed by atoms with Crippen LogP contribution < -0.4 is 5.32 Å². The Morgan fingerprint density at radius 3 is 2.67 bits per heavy atom. The number of anilines is 1. The Balaban J connectivity index is 2.23. The molecule has 2 aromatic rings. The van der Waals surface area contributed by atoms with Crippen LogP contribution in [0.3, 0.4) is 0 Å². The average molecular weight is 266 g/mol. The van der Waals surface area contributed by atoms with Crippen molar-refractivity contribution < 1.29 is 4.42 Å². The van der Waals surface area contributed by atoms with Gasteiger partial charge >= 0.3 is 0 Å². The summed E-state index contributed by atoms with van der Waals surface area (Å²) in [6.45, 7) is 7.90. The maximum absolute atomic E-state index is 5.80. The van der Waals surface area contributed by atoms with E-state index in [1.807, 2.05) is 26.8 Å². The van der Waals surface area contributed by atoms with Crippen molar-refractivity contribution in [3.8, 4) is 0 Å². The summed E-state index contributed by atoms with van der Waals surface area (Å²) < 4.78 is 5.53. The van der Waals surface area contributed by atoms with E-state index in [1.165, 1.54) is 0 Å². The smallest absolute Gasteiger partial charge is 0.224 e. The van der Waals surface area contributed by atoms with E-state index in [2.05, 4.69) is 22.2 Å². The zero-order valence-electron chi connectivity index (χ0n) is 10.9. The molecule has 0 amide bonds. The van der Waals surface area contributed by atoms with Gasteiger partial charge in [-0.05, 0) is 45.4 Å². The van der Waals surface area contributed by atoms with Crippen LogP contribution in [0.1, 0.15) is 35.6 Å². The minimum Gasteiger partial charge on any atom is -0.466 e. The standard InChI is InChI=1S/C13H16ClN3O/c1-7-6-15-13(14)17-12(7)16-9(3)11-5-8(2)18-10(11)4/h5-6,9H,1-4H3,(H,15,16,17). The molecule has 0 aromatic carbocycles. The SMILES string of the molecule is Cc1cc(C(C)Nc2nc(Cl)ncc2C)c(C)o1. The molecule has 0 saturated carbocycles. The lowest BCUT2D eigenvalue weighted by Gasteiger charge is -2.15. The Kier molecular flexibility index (Phi) is 3.57. The summed E-state index contributed by atoms with van der Waals surface area (Å²) >= 11 is 5.80. The van der Waals surface area contributed by atoms with Crippen LogP contribution in [0.25, 0.3) is 0 Å². The lowest BCUT2D eigenvalue weighted by atomic mass is 10.1. The number of aryl methyl sites for hydroxylation is 3. The van der Waals surface area contributed by atoms with E-state index in [9.17, 15) is 0 Å². The number of nitrogens with zero attached hydrogens (tertiary/aromatic N) is 2. The van der Waals surface area contributed by atoms with Crippen LogP contribution in [0, 0.1) is 20.8 Å². The predicted octanol–water partition coefficient (Wildman–Crippen LogP) is 3.82. The number of aromatic nitrogens is 2. The van der Waals surface area contributed by atoms with Crippen LogP contribution >= 0.6 is 11.6 Å². The van der Waals surface area contributed by atoms with Crippen LogP contribution in [0.5, 0.6) is 0 Å². The van der Waals surface area contributed by atoms with Gasteiger partial charge in [0.1, 0.15) is 17.3 Å². The fraction of sp³-hybridized carbons (Fsp3) is 0.385. The van der Waals surface area contributed by atoms with Gasteiger partial charge in [-0.25, -0.2) is 9.97 Å². The maximum Gasteiger partial charge on any atom is 0.224 e. The molecule has 18 heavy (non-hydrogen) atoms. The van der Waals surface area contributed by atoms with Crippen molar-refractivity contribution in [1.29, 1.82) is 0 Å². The summed E-state index contributed by atoms with van der Waals surface area (Å²) in [5.41, 5.74) is 2.09. The van der Waals surface area contributed by atoms with Gasteiger partial charge in [0, 0.05) is 17.3 Å². The highest BCUT2D eigenvalue weighted by Gasteiger charge is 2.14. The number of hydrogen-bond donors (Lipinski definition) is 1. The molecule has 4 nitrogen and oxygen atoms in total. The number of nitrogens with one attached hydrogen (secondary N) is 1. The second-order valence-corrected chi connectivity index (χ2v) is 4.74. The Morgan fingerprint density at radius 2 is 2.06 bits per heavy atom. The molecule has 5 heteroatoms. The zero-order chi connectivity index (χ0) is 13.3. The minimum absolute atomic E-state index is 0.104. The van der Waals surface area contributed by atoms with Crippen molar-refractivity contribution in [3.63, 3.8) is 0 Å². The quantitative estimate of drug-likeness (QED) is 0.857. The largest absolute Gasteiger partial charge is 0.466 e. The summed E-state index contributed by atoms with van der Waals surface area (Å²) in [4.78, 5) is 8.12. The van der Waals surface area contributed by atoms with Gasteiger partial charge < -0.3 is 9.73 Å². The van der Waals surface area contributed by atoms with E-state index >= 15 is 0 Å². The molecule has 0 saturated heterocycles. The lowest BCUT2D eigenvalue weighted by Crippen LogP contribution is -2.09. The summed E-state index contributed by atoms with van der Waals surface area (Å²) in [5, 5.41) is 3.57. The molecule has 0 bridgehead atoms.